The number of carbonyl (C=O) groups is 1. The van der Waals surface area contributed by atoms with E-state index in [0.717, 1.165) is 11.1 Å². The van der Waals surface area contributed by atoms with E-state index in [1.807, 2.05) is 48.5 Å². The Morgan fingerprint density at radius 3 is 2.48 bits per heavy atom. The van der Waals surface area contributed by atoms with Gasteiger partial charge in [0.1, 0.15) is 0 Å². The molecule has 122 valence electrons. The molecule has 3 N–H and O–H groups in total. The zero-order chi connectivity index (χ0) is 16.5. The van der Waals surface area contributed by atoms with Crippen LogP contribution < -0.4 is 10.6 Å². The Bertz CT molecular complexity index is 619. The molecule has 0 radical (unpaired) electrons. The topological polar surface area (TPSA) is 61.4 Å². The first-order chi connectivity index (χ1) is 11.2. The molecule has 2 aromatic carbocycles. The number of urea groups is 1. The fourth-order valence-corrected chi connectivity index (χ4v) is 2.53. The van der Waals surface area contributed by atoms with E-state index in [4.69, 9.17) is 16.7 Å². The van der Waals surface area contributed by atoms with Crippen LogP contribution in [0, 0.1) is 0 Å². The summed E-state index contributed by atoms with van der Waals surface area (Å²) in [6.45, 7) is 0.472. The van der Waals surface area contributed by atoms with Gasteiger partial charge in [-0.1, -0.05) is 60.1 Å². The zero-order valence-corrected chi connectivity index (χ0v) is 13.6. The molecule has 1 unspecified atom stereocenters. The number of hydrogen-bond acceptors (Lipinski definition) is 2. The maximum atomic E-state index is 12.1. The molecule has 0 saturated carbocycles. The van der Waals surface area contributed by atoms with Gasteiger partial charge in [0.15, 0.2) is 0 Å². The molecular formula is C18H21ClN2O2. The first-order valence-electron chi connectivity index (χ1n) is 7.64. The second kappa shape index (κ2) is 9.18. The van der Waals surface area contributed by atoms with E-state index in [9.17, 15) is 4.79 Å². The monoisotopic (exact) mass is 332 g/mol. The van der Waals surface area contributed by atoms with Crippen LogP contribution in [0.2, 0.25) is 5.02 Å². The summed E-state index contributed by atoms with van der Waals surface area (Å²) in [5.74, 6) is 0. The number of aliphatic hydroxyl groups excluding tert-OH is 1. The molecule has 0 fully saturated rings. The van der Waals surface area contributed by atoms with Gasteiger partial charge < -0.3 is 15.7 Å². The van der Waals surface area contributed by atoms with Gasteiger partial charge in [-0.15, -0.1) is 0 Å². The van der Waals surface area contributed by atoms with E-state index >= 15 is 0 Å². The Morgan fingerprint density at radius 2 is 1.78 bits per heavy atom. The summed E-state index contributed by atoms with van der Waals surface area (Å²) >= 11 is 6.08. The minimum atomic E-state index is -0.253. The average Bonchev–Trinajstić information content (AvgIpc) is 2.58. The Morgan fingerprint density at radius 1 is 1.09 bits per heavy atom. The fourth-order valence-electron chi connectivity index (χ4n) is 2.33. The van der Waals surface area contributed by atoms with Crippen molar-refractivity contribution in [3.8, 4) is 0 Å². The number of aliphatic hydroxyl groups is 1. The molecule has 5 heteroatoms. The third-order valence-corrected chi connectivity index (χ3v) is 3.92. The normalized spacial score (nSPS) is 11.7. The molecule has 23 heavy (non-hydrogen) atoms. The van der Waals surface area contributed by atoms with Crippen LogP contribution in [-0.2, 0) is 6.54 Å². The van der Waals surface area contributed by atoms with Gasteiger partial charge >= 0.3 is 6.03 Å². The molecule has 0 aliphatic heterocycles. The summed E-state index contributed by atoms with van der Waals surface area (Å²) in [6, 6.07) is 16.8. The molecular weight excluding hydrogens is 312 g/mol. The van der Waals surface area contributed by atoms with Gasteiger partial charge in [0.2, 0.25) is 0 Å². The second-order valence-corrected chi connectivity index (χ2v) is 5.65. The van der Waals surface area contributed by atoms with E-state index in [0.29, 0.717) is 24.4 Å². The molecule has 0 saturated heterocycles. The Hall–Kier alpha value is -2.04. The summed E-state index contributed by atoms with van der Waals surface area (Å²) < 4.78 is 0. The minimum absolute atomic E-state index is 0.103. The maximum Gasteiger partial charge on any atom is 0.315 e. The summed E-state index contributed by atoms with van der Waals surface area (Å²) in [4.78, 5) is 12.1. The number of halogens is 1. The van der Waals surface area contributed by atoms with Crippen molar-refractivity contribution in [1.82, 2.24) is 10.6 Å². The molecule has 0 spiro atoms. The van der Waals surface area contributed by atoms with Gasteiger partial charge in [0.05, 0.1) is 6.04 Å². The molecule has 0 bridgehead atoms. The van der Waals surface area contributed by atoms with Crippen LogP contribution in [0.4, 0.5) is 4.79 Å². The minimum Gasteiger partial charge on any atom is -0.396 e. The average molecular weight is 333 g/mol. The van der Waals surface area contributed by atoms with Gasteiger partial charge in [-0.2, -0.15) is 0 Å². The highest BCUT2D eigenvalue weighted by atomic mass is 35.5. The smallest absolute Gasteiger partial charge is 0.315 e. The van der Waals surface area contributed by atoms with Crippen molar-refractivity contribution in [2.75, 3.05) is 6.61 Å². The standard InChI is InChI=1S/C18H21ClN2O2/c19-16-10-5-4-9-15(16)13-20-18(23)21-17(11-6-12-22)14-7-2-1-3-8-14/h1-5,7-10,17,22H,6,11-13H2,(H2,20,21,23). The second-order valence-electron chi connectivity index (χ2n) is 5.25. The zero-order valence-electron chi connectivity index (χ0n) is 12.8. The van der Waals surface area contributed by atoms with Crippen LogP contribution in [0.1, 0.15) is 30.0 Å². The summed E-state index contributed by atoms with van der Waals surface area (Å²) in [7, 11) is 0. The Kier molecular flexibility index (Phi) is 6.91. The number of amides is 2. The third kappa shape index (κ3) is 5.58. The van der Waals surface area contributed by atoms with Crippen LogP contribution in [0.15, 0.2) is 54.6 Å². The van der Waals surface area contributed by atoms with Gasteiger partial charge in [-0.25, -0.2) is 4.79 Å². The molecule has 2 amide bonds. The van der Waals surface area contributed by atoms with Gasteiger partial charge in [0.25, 0.3) is 0 Å². The maximum absolute atomic E-state index is 12.1. The van der Waals surface area contributed by atoms with Gasteiger partial charge in [-0.05, 0) is 30.0 Å². The molecule has 0 aliphatic carbocycles. The van der Waals surface area contributed by atoms with Crippen LogP contribution >= 0.6 is 11.6 Å². The number of rotatable bonds is 7. The van der Waals surface area contributed by atoms with Crippen molar-refractivity contribution >= 4 is 17.6 Å². The molecule has 2 aromatic rings. The van der Waals surface area contributed by atoms with E-state index < -0.39 is 0 Å². The number of hydrogen-bond donors (Lipinski definition) is 3. The number of benzene rings is 2. The summed E-state index contributed by atoms with van der Waals surface area (Å²) in [6.07, 6.45) is 1.31. The van der Waals surface area contributed by atoms with Crippen molar-refractivity contribution < 1.29 is 9.90 Å². The highest BCUT2D eigenvalue weighted by Crippen LogP contribution is 2.18. The highest BCUT2D eigenvalue weighted by molar-refractivity contribution is 6.31. The van der Waals surface area contributed by atoms with Gasteiger partial charge in [-0.3, -0.25) is 0 Å². The van der Waals surface area contributed by atoms with E-state index in [2.05, 4.69) is 10.6 Å². The molecule has 4 nitrogen and oxygen atoms in total. The largest absolute Gasteiger partial charge is 0.396 e. The van der Waals surface area contributed by atoms with E-state index in [-0.39, 0.29) is 18.7 Å². The van der Waals surface area contributed by atoms with Crippen LogP contribution in [0.25, 0.3) is 0 Å². The van der Waals surface area contributed by atoms with Crippen molar-refractivity contribution in [3.05, 3.63) is 70.7 Å². The number of carbonyl (C=O) groups excluding carboxylic acids is 1. The molecule has 0 aliphatic rings. The van der Waals surface area contributed by atoms with Crippen LogP contribution in [-0.4, -0.2) is 17.7 Å². The molecule has 2 rings (SSSR count). The molecule has 0 heterocycles. The summed E-state index contributed by atoms with van der Waals surface area (Å²) in [5.41, 5.74) is 1.89. The lowest BCUT2D eigenvalue weighted by atomic mass is 10.0. The highest BCUT2D eigenvalue weighted by Gasteiger charge is 2.14. The fraction of sp³-hybridized carbons (Fsp3) is 0.278. The van der Waals surface area contributed by atoms with Crippen molar-refractivity contribution in [2.24, 2.45) is 0 Å². The SMILES string of the molecule is O=C(NCc1ccccc1Cl)NC(CCCO)c1ccccc1. The quantitative estimate of drug-likeness (QED) is 0.724. The van der Waals surface area contributed by atoms with Crippen LogP contribution in [0.3, 0.4) is 0 Å². The predicted molar refractivity (Wildman–Crippen MR) is 92.3 cm³/mol. The lowest BCUT2D eigenvalue weighted by Gasteiger charge is -2.19. The van der Waals surface area contributed by atoms with Crippen molar-refractivity contribution in [2.45, 2.75) is 25.4 Å². The summed E-state index contributed by atoms with van der Waals surface area (Å²) in [5, 5.41) is 15.4. The first kappa shape index (κ1) is 17.3. The molecule has 1 atom stereocenters. The van der Waals surface area contributed by atoms with Crippen LogP contribution in [0.5, 0.6) is 0 Å². The predicted octanol–water partition coefficient (Wildman–Crippen LogP) is 3.65. The lowest BCUT2D eigenvalue weighted by molar-refractivity contribution is 0.232. The number of nitrogens with one attached hydrogen (secondary N) is 2. The van der Waals surface area contributed by atoms with Crippen molar-refractivity contribution in [1.29, 1.82) is 0 Å². The Balaban J connectivity index is 1.93. The lowest BCUT2D eigenvalue weighted by Crippen LogP contribution is -2.37. The Labute approximate surface area is 141 Å². The van der Waals surface area contributed by atoms with E-state index in [1.165, 1.54) is 0 Å². The third-order valence-electron chi connectivity index (χ3n) is 3.56. The first-order valence-corrected chi connectivity index (χ1v) is 8.02. The van der Waals surface area contributed by atoms with Crippen molar-refractivity contribution in [3.63, 3.8) is 0 Å². The van der Waals surface area contributed by atoms with E-state index in [1.54, 1.807) is 6.07 Å². The van der Waals surface area contributed by atoms with Gasteiger partial charge in [0, 0.05) is 18.2 Å². The molecule has 0 aromatic heterocycles.